The lowest BCUT2D eigenvalue weighted by Crippen LogP contribution is -2.16. The minimum atomic E-state index is 0.00530. The highest BCUT2D eigenvalue weighted by molar-refractivity contribution is 5.95. The lowest BCUT2D eigenvalue weighted by atomic mass is 10.1. The molecule has 0 amide bonds. The van der Waals surface area contributed by atoms with E-state index in [9.17, 15) is 0 Å². The van der Waals surface area contributed by atoms with Crippen molar-refractivity contribution < 1.29 is 5.21 Å². The highest BCUT2D eigenvalue weighted by Gasteiger charge is 2.08. The van der Waals surface area contributed by atoms with E-state index in [0.29, 0.717) is 5.69 Å². The van der Waals surface area contributed by atoms with Gasteiger partial charge in [0.1, 0.15) is 5.69 Å². The summed E-state index contributed by atoms with van der Waals surface area (Å²) in [4.78, 5) is 6.24. The number of anilines is 2. The molecule has 0 fully saturated rings. The van der Waals surface area contributed by atoms with Crippen LogP contribution in [0, 0.1) is 13.8 Å². The van der Waals surface area contributed by atoms with Crippen molar-refractivity contribution in [3.8, 4) is 0 Å². The highest BCUT2D eigenvalue weighted by Crippen LogP contribution is 2.26. The Bertz CT molecular complexity index is 635. The molecule has 0 bridgehead atoms. The van der Waals surface area contributed by atoms with Crippen LogP contribution in [-0.4, -0.2) is 23.1 Å². The Hall–Kier alpha value is -2.56. The molecule has 104 valence electrons. The number of benzene rings is 1. The second-order valence-corrected chi connectivity index (χ2v) is 4.74. The number of aryl methyl sites for hydroxylation is 2. The van der Waals surface area contributed by atoms with Gasteiger partial charge in [0, 0.05) is 12.7 Å². The molecule has 1 aromatic heterocycles. The third kappa shape index (κ3) is 2.71. The van der Waals surface area contributed by atoms with E-state index in [1.54, 1.807) is 12.3 Å². The maximum absolute atomic E-state index is 8.62. The summed E-state index contributed by atoms with van der Waals surface area (Å²) >= 11 is 0. The van der Waals surface area contributed by atoms with Crippen molar-refractivity contribution in [1.29, 1.82) is 0 Å². The van der Waals surface area contributed by atoms with Crippen molar-refractivity contribution in [2.75, 3.05) is 11.9 Å². The van der Waals surface area contributed by atoms with Crippen molar-refractivity contribution in [2.24, 2.45) is 10.9 Å². The van der Waals surface area contributed by atoms with Crippen LogP contribution in [0.2, 0.25) is 0 Å². The largest absolute Gasteiger partial charge is 0.409 e. The Morgan fingerprint density at radius 1 is 1.25 bits per heavy atom. The highest BCUT2D eigenvalue weighted by atomic mass is 16.4. The summed E-state index contributed by atoms with van der Waals surface area (Å²) in [5.41, 5.74) is 10.4. The number of oxime groups is 1. The molecule has 0 spiro atoms. The van der Waals surface area contributed by atoms with Crippen LogP contribution in [0.5, 0.6) is 0 Å². The van der Waals surface area contributed by atoms with Crippen molar-refractivity contribution in [3.05, 3.63) is 53.3 Å². The Labute approximate surface area is 118 Å². The van der Waals surface area contributed by atoms with Gasteiger partial charge in [-0.15, -0.1) is 0 Å². The van der Waals surface area contributed by atoms with Gasteiger partial charge < -0.3 is 15.8 Å². The van der Waals surface area contributed by atoms with Gasteiger partial charge in [0.2, 0.25) is 0 Å². The first-order chi connectivity index (χ1) is 9.52. The zero-order valence-corrected chi connectivity index (χ0v) is 11.8. The van der Waals surface area contributed by atoms with E-state index in [1.165, 1.54) is 11.1 Å². The number of nitrogens with zero attached hydrogens (tertiary/aromatic N) is 3. The zero-order chi connectivity index (χ0) is 14.7. The molecule has 2 aromatic rings. The number of hydrogen-bond donors (Lipinski definition) is 2. The van der Waals surface area contributed by atoms with Gasteiger partial charge in [0.25, 0.3) is 0 Å². The molecule has 0 atom stereocenters. The zero-order valence-electron chi connectivity index (χ0n) is 11.8. The topological polar surface area (TPSA) is 74.7 Å². The molecular formula is C15H18N4O. The van der Waals surface area contributed by atoms with Crippen molar-refractivity contribution >= 4 is 17.2 Å². The number of pyridine rings is 1. The third-order valence-electron chi connectivity index (χ3n) is 3.22. The lowest BCUT2D eigenvalue weighted by molar-refractivity contribution is 0.318. The summed E-state index contributed by atoms with van der Waals surface area (Å²) < 4.78 is 0. The molecule has 2 rings (SSSR count). The predicted octanol–water partition coefficient (Wildman–Crippen LogP) is 2.56. The summed E-state index contributed by atoms with van der Waals surface area (Å²) in [7, 11) is 1.98. The number of hydrogen-bond acceptors (Lipinski definition) is 4. The lowest BCUT2D eigenvalue weighted by Gasteiger charge is -2.21. The minimum absolute atomic E-state index is 0.00530. The van der Waals surface area contributed by atoms with E-state index >= 15 is 0 Å². The fourth-order valence-corrected chi connectivity index (χ4v) is 2.11. The average molecular weight is 270 g/mol. The second-order valence-electron chi connectivity index (χ2n) is 4.74. The van der Waals surface area contributed by atoms with Gasteiger partial charge in [-0.1, -0.05) is 22.9 Å². The molecule has 0 aliphatic rings. The molecule has 1 heterocycles. The predicted molar refractivity (Wildman–Crippen MR) is 80.7 cm³/mol. The standard InChI is InChI=1S/C15H18N4O/c1-10-4-7-14(11(2)8-10)19(3)12-5-6-13(17-9-12)15(16)18-20/h4-9,20H,1-3H3,(H2,16,18). The van der Waals surface area contributed by atoms with Crippen LogP contribution in [0.3, 0.4) is 0 Å². The Kier molecular flexibility index (Phi) is 3.89. The molecular weight excluding hydrogens is 252 g/mol. The van der Waals surface area contributed by atoms with E-state index in [-0.39, 0.29) is 5.84 Å². The molecule has 0 saturated carbocycles. The first-order valence-electron chi connectivity index (χ1n) is 6.28. The molecule has 1 aromatic carbocycles. The fraction of sp³-hybridized carbons (Fsp3) is 0.200. The van der Waals surface area contributed by atoms with Crippen LogP contribution >= 0.6 is 0 Å². The smallest absolute Gasteiger partial charge is 0.188 e. The van der Waals surface area contributed by atoms with Gasteiger partial charge in [-0.2, -0.15) is 0 Å². The van der Waals surface area contributed by atoms with E-state index in [2.05, 4.69) is 47.1 Å². The summed E-state index contributed by atoms with van der Waals surface area (Å²) in [5, 5.41) is 11.6. The number of aromatic nitrogens is 1. The van der Waals surface area contributed by atoms with E-state index in [1.807, 2.05) is 13.1 Å². The van der Waals surface area contributed by atoms with Crippen molar-refractivity contribution in [3.63, 3.8) is 0 Å². The molecule has 0 aliphatic carbocycles. The fourth-order valence-electron chi connectivity index (χ4n) is 2.11. The van der Waals surface area contributed by atoms with Crippen LogP contribution in [0.4, 0.5) is 11.4 Å². The van der Waals surface area contributed by atoms with Crippen LogP contribution in [0.25, 0.3) is 0 Å². The number of rotatable bonds is 3. The van der Waals surface area contributed by atoms with E-state index < -0.39 is 0 Å². The molecule has 0 aliphatic heterocycles. The molecule has 20 heavy (non-hydrogen) atoms. The van der Waals surface area contributed by atoms with Gasteiger partial charge in [-0.05, 0) is 37.6 Å². The van der Waals surface area contributed by atoms with Crippen molar-refractivity contribution in [2.45, 2.75) is 13.8 Å². The van der Waals surface area contributed by atoms with E-state index in [4.69, 9.17) is 10.9 Å². The normalized spacial score (nSPS) is 11.4. The first-order valence-corrected chi connectivity index (χ1v) is 6.28. The van der Waals surface area contributed by atoms with E-state index in [0.717, 1.165) is 11.4 Å². The Morgan fingerprint density at radius 3 is 2.55 bits per heavy atom. The van der Waals surface area contributed by atoms with Gasteiger partial charge in [0.05, 0.1) is 11.9 Å². The molecule has 0 saturated heterocycles. The third-order valence-corrected chi connectivity index (χ3v) is 3.22. The molecule has 0 radical (unpaired) electrons. The summed E-state index contributed by atoms with van der Waals surface area (Å²) in [6, 6.07) is 9.92. The maximum atomic E-state index is 8.62. The van der Waals surface area contributed by atoms with Crippen LogP contribution in [0.15, 0.2) is 41.7 Å². The summed E-state index contributed by atoms with van der Waals surface area (Å²) in [6.07, 6.45) is 1.70. The number of amidine groups is 1. The quantitative estimate of drug-likeness (QED) is 0.389. The van der Waals surface area contributed by atoms with Crippen LogP contribution in [-0.2, 0) is 0 Å². The minimum Gasteiger partial charge on any atom is -0.409 e. The van der Waals surface area contributed by atoms with Crippen LogP contribution < -0.4 is 10.6 Å². The first kappa shape index (κ1) is 13.9. The molecule has 5 nitrogen and oxygen atoms in total. The Balaban J connectivity index is 2.31. The van der Waals surface area contributed by atoms with Gasteiger partial charge in [-0.3, -0.25) is 4.98 Å². The van der Waals surface area contributed by atoms with Gasteiger partial charge >= 0.3 is 0 Å². The molecule has 5 heteroatoms. The summed E-state index contributed by atoms with van der Waals surface area (Å²) in [5.74, 6) is 0.00530. The SMILES string of the molecule is Cc1ccc(N(C)c2ccc(/C(N)=N/O)nc2)c(C)c1. The maximum Gasteiger partial charge on any atom is 0.188 e. The monoisotopic (exact) mass is 270 g/mol. The molecule has 3 N–H and O–H groups in total. The van der Waals surface area contributed by atoms with Crippen molar-refractivity contribution in [1.82, 2.24) is 4.98 Å². The second kappa shape index (κ2) is 5.61. The van der Waals surface area contributed by atoms with Crippen LogP contribution in [0.1, 0.15) is 16.8 Å². The van der Waals surface area contributed by atoms with Gasteiger partial charge in [0.15, 0.2) is 5.84 Å². The molecule has 0 unspecified atom stereocenters. The average Bonchev–Trinajstić information content (AvgIpc) is 2.46. The van der Waals surface area contributed by atoms with Gasteiger partial charge in [-0.25, -0.2) is 0 Å². The Morgan fingerprint density at radius 2 is 2.00 bits per heavy atom. The summed E-state index contributed by atoms with van der Waals surface area (Å²) in [6.45, 7) is 4.15. The number of nitrogens with two attached hydrogens (primary N) is 1.